The van der Waals surface area contributed by atoms with E-state index in [0.29, 0.717) is 0 Å². The Bertz CT molecular complexity index is 808. The van der Waals surface area contributed by atoms with Crippen LogP contribution < -0.4 is 10.0 Å². The second-order valence-corrected chi connectivity index (χ2v) is 9.19. The monoisotopic (exact) mass is 424 g/mol. The van der Waals surface area contributed by atoms with E-state index in [9.17, 15) is 26.9 Å². The van der Waals surface area contributed by atoms with Gasteiger partial charge in [-0.3, -0.25) is 9.62 Å². The molecule has 1 saturated heterocycles. The number of alkyl halides is 3. The smallest absolute Gasteiger partial charge is 0.411 e. The molecule has 1 aromatic rings. The minimum Gasteiger partial charge on any atom is -0.465 e. The van der Waals surface area contributed by atoms with Crippen LogP contribution in [0.2, 0.25) is 0 Å². The maximum Gasteiger partial charge on any atom is 0.411 e. The van der Waals surface area contributed by atoms with Crippen LogP contribution in [0.1, 0.15) is 25.3 Å². The molecule has 0 spiro atoms. The number of carboxylic acid groups (broad SMARTS) is 1. The number of rotatable bonds is 1. The molecule has 4 N–H and O–H groups in total. The molecule has 1 fully saturated rings. The lowest BCUT2D eigenvalue weighted by Crippen LogP contribution is -2.57. The summed E-state index contributed by atoms with van der Waals surface area (Å²) in [6.45, 7) is 1.42. The van der Waals surface area contributed by atoms with Crippen LogP contribution in [0, 0.1) is 5.82 Å². The summed E-state index contributed by atoms with van der Waals surface area (Å²) in [5.41, 5.74) is -1.42. The summed E-state index contributed by atoms with van der Waals surface area (Å²) in [5, 5.41) is 11.2. The predicted octanol–water partition coefficient (Wildman–Crippen LogP) is 3.40. The molecule has 3 atom stereocenters. The number of nitrogens with one attached hydrogen (secondary N) is 2. The highest BCUT2D eigenvalue weighted by molar-refractivity contribution is 8.26. The van der Waals surface area contributed by atoms with E-state index in [1.165, 1.54) is 31.2 Å². The fraction of sp³-hybridized carbons (Fsp3) is 0.500. The Morgan fingerprint density at radius 2 is 2.11 bits per heavy atom. The van der Waals surface area contributed by atoms with Gasteiger partial charge in [0.1, 0.15) is 17.4 Å². The Morgan fingerprint density at radius 3 is 2.71 bits per heavy atom. The van der Waals surface area contributed by atoms with Gasteiger partial charge in [-0.15, -0.1) is 0 Å². The lowest BCUT2D eigenvalue weighted by Gasteiger charge is -2.52. The van der Waals surface area contributed by atoms with Gasteiger partial charge in [-0.1, -0.05) is 18.2 Å². The number of nitrogens with zero attached hydrogens (tertiary/aromatic N) is 2. The molecule has 0 radical (unpaired) electrons. The summed E-state index contributed by atoms with van der Waals surface area (Å²) in [7, 11) is -3.38. The Morgan fingerprint density at radius 1 is 1.43 bits per heavy atom. The van der Waals surface area contributed by atoms with Gasteiger partial charge in [0, 0.05) is 22.8 Å². The van der Waals surface area contributed by atoms with Gasteiger partial charge in [0.15, 0.2) is 0 Å². The summed E-state index contributed by atoms with van der Waals surface area (Å²) in [6.07, 6.45) is -6.31. The van der Waals surface area contributed by atoms with Crippen molar-refractivity contribution in [3.05, 3.63) is 35.6 Å². The molecule has 3 rings (SSSR count). The van der Waals surface area contributed by atoms with Crippen LogP contribution in [-0.2, 0) is 5.54 Å². The first-order chi connectivity index (χ1) is 12.9. The molecule has 0 aromatic heterocycles. The largest absolute Gasteiger partial charge is 0.465 e. The molecule has 0 aliphatic carbocycles. The van der Waals surface area contributed by atoms with Crippen molar-refractivity contribution in [3.63, 3.8) is 0 Å². The maximum absolute atomic E-state index is 14.4. The first kappa shape index (κ1) is 20.7. The molecule has 1 unspecified atom stereocenters. The third kappa shape index (κ3) is 3.89. The summed E-state index contributed by atoms with van der Waals surface area (Å²) < 4.78 is 69.1. The lowest BCUT2D eigenvalue weighted by atomic mass is 9.94. The standard InChI is InChI=1S/C16H20F4N4O3S/c1-15(10-5-2-3-6-11(10)17)9-28(27)23-12(16(18,19)20)7-4-8-24(28)13(22-15)21-14(25)26/h2-3,5-6,12,23,27H,4,7-9H2,1H3,(H,21,22)(H,25,26)/t12-,15-/m0/s1. The average Bonchev–Trinajstić information content (AvgIpc) is 2.72. The van der Waals surface area contributed by atoms with Crippen LogP contribution in [0.25, 0.3) is 0 Å². The van der Waals surface area contributed by atoms with Crippen molar-refractivity contribution in [2.45, 2.75) is 37.5 Å². The fourth-order valence-corrected chi connectivity index (χ4v) is 6.36. The highest BCUT2D eigenvalue weighted by Crippen LogP contribution is 2.55. The van der Waals surface area contributed by atoms with Crippen LogP contribution in [0.15, 0.2) is 29.3 Å². The molecular formula is C16H20F4N4O3S. The van der Waals surface area contributed by atoms with Gasteiger partial charge in [-0.25, -0.2) is 18.9 Å². The number of carbonyl (C=O) groups is 1. The third-order valence-corrected chi connectivity index (χ3v) is 7.40. The number of fused-ring (bicyclic) bond motifs is 1. The second-order valence-electron chi connectivity index (χ2n) is 6.89. The minimum absolute atomic E-state index is 0.0299. The number of benzene rings is 1. The normalized spacial score (nSPS) is 33.1. The van der Waals surface area contributed by atoms with Gasteiger partial charge in [0.05, 0.1) is 5.75 Å². The molecule has 0 bridgehead atoms. The quantitative estimate of drug-likeness (QED) is 0.518. The SMILES string of the molecule is C[C@@]1(c2ccccc2F)CS2(O)N[C@H](C(F)(F)F)CCCN2C(NC(=O)O)=N1. The molecule has 156 valence electrons. The highest BCUT2D eigenvalue weighted by Gasteiger charge is 2.52. The number of amides is 1. The Balaban J connectivity index is 2.10. The fourth-order valence-electron chi connectivity index (χ4n) is 3.48. The summed E-state index contributed by atoms with van der Waals surface area (Å²) >= 11 is 0. The third-order valence-electron chi connectivity index (χ3n) is 4.69. The van der Waals surface area contributed by atoms with E-state index in [1.807, 2.05) is 5.32 Å². The van der Waals surface area contributed by atoms with Crippen molar-refractivity contribution in [3.8, 4) is 0 Å². The number of halogens is 4. The molecular weight excluding hydrogens is 404 g/mol. The van der Waals surface area contributed by atoms with Gasteiger partial charge in [-0.05, 0) is 25.8 Å². The van der Waals surface area contributed by atoms with Crippen molar-refractivity contribution >= 4 is 22.7 Å². The first-order valence-electron chi connectivity index (χ1n) is 8.45. The Labute approximate surface area is 160 Å². The highest BCUT2D eigenvalue weighted by atomic mass is 32.3. The molecule has 2 aliphatic heterocycles. The number of hydrogen-bond acceptors (Lipinski definition) is 5. The van der Waals surface area contributed by atoms with Crippen LogP contribution in [-0.4, -0.2) is 50.5 Å². The van der Waals surface area contributed by atoms with Crippen LogP contribution >= 0.6 is 10.7 Å². The van der Waals surface area contributed by atoms with Gasteiger partial charge in [0.2, 0.25) is 5.96 Å². The van der Waals surface area contributed by atoms with Gasteiger partial charge in [0.25, 0.3) is 0 Å². The summed E-state index contributed by atoms with van der Waals surface area (Å²) in [4.78, 5) is 15.5. The zero-order valence-corrected chi connectivity index (χ0v) is 15.6. The van der Waals surface area contributed by atoms with Crippen molar-refractivity contribution in [2.75, 3.05) is 12.3 Å². The van der Waals surface area contributed by atoms with Crippen molar-refractivity contribution in [1.82, 2.24) is 14.3 Å². The number of guanidine groups is 1. The zero-order chi connectivity index (χ0) is 20.7. The number of aliphatic imine (C=N–C) groups is 1. The van der Waals surface area contributed by atoms with E-state index < -0.39 is 40.3 Å². The molecule has 2 heterocycles. The molecule has 2 aliphatic rings. The van der Waals surface area contributed by atoms with E-state index >= 15 is 0 Å². The molecule has 7 nitrogen and oxygen atoms in total. The topological polar surface area (TPSA) is 97.2 Å². The van der Waals surface area contributed by atoms with E-state index in [4.69, 9.17) is 5.11 Å². The van der Waals surface area contributed by atoms with E-state index in [2.05, 4.69) is 9.71 Å². The van der Waals surface area contributed by atoms with Crippen LogP contribution in [0.5, 0.6) is 0 Å². The van der Waals surface area contributed by atoms with E-state index in [1.54, 1.807) is 0 Å². The summed E-state index contributed by atoms with van der Waals surface area (Å²) in [6, 6.07) is 3.60. The summed E-state index contributed by atoms with van der Waals surface area (Å²) in [5.74, 6) is -1.30. The second kappa shape index (κ2) is 7.08. The van der Waals surface area contributed by atoms with Gasteiger partial charge in [-0.2, -0.15) is 13.2 Å². The van der Waals surface area contributed by atoms with E-state index in [0.717, 1.165) is 4.31 Å². The van der Waals surface area contributed by atoms with Crippen molar-refractivity contribution < 1.29 is 32.0 Å². The zero-order valence-electron chi connectivity index (χ0n) is 14.8. The maximum atomic E-state index is 14.4. The molecule has 1 amide bonds. The van der Waals surface area contributed by atoms with Crippen LogP contribution in [0.4, 0.5) is 22.4 Å². The Hall–Kier alpha value is -2.05. The van der Waals surface area contributed by atoms with Gasteiger partial charge >= 0.3 is 12.3 Å². The lowest BCUT2D eigenvalue weighted by molar-refractivity contribution is -0.152. The predicted molar refractivity (Wildman–Crippen MR) is 96.4 cm³/mol. The molecule has 28 heavy (non-hydrogen) atoms. The molecule has 12 heteroatoms. The number of hydrogen-bond donors (Lipinski definition) is 4. The van der Waals surface area contributed by atoms with E-state index in [-0.39, 0.29) is 36.7 Å². The molecule has 1 aromatic carbocycles. The Kier molecular flexibility index (Phi) is 5.23. The van der Waals surface area contributed by atoms with Crippen molar-refractivity contribution in [2.24, 2.45) is 4.99 Å². The van der Waals surface area contributed by atoms with Gasteiger partial charge < -0.3 is 9.66 Å². The van der Waals surface area contributed by atoms with Crippen molar-refractivity contribution in [1.29, 1.82) is 0 Å². The average molecular weight is 424 g/mol. The van der Waals surface area contributed by atoms with Crippen LogP contribution in [0.3, 0.4) is 0 Å². The first-order valence-corrected chi connectivity index (χ1v) is 10.2. The molecule has 0 saturated carbocycles. The minimum atomic E-state index is -4.60.